The van der Waals surface area contributed by atoms with Gasteiger partial charge in [0.2, 0.25) is 5.91 Å². The molecule has 126 valence electrons. The van der Waals surface area contributed by atoms with Crippen LogP contribution in [-0.2, 0) is 11.3 Å². The van der Waals surface area contributed by atoms with E-state index in [0.29, 0.717) is 18.2 Å². The zero-order valence-electron chi connectivity index (χ0n) is 14.0. The number of carbonyl (C=O) groups excluding carboxylic acids is 1. The van der Waals surface area contributed by atoms with E-state index in [4.69, 9.17) is 0 Å². The zero-order chi connectivity index (χ0) is 16.9. The molecule has 1 fully saturated rings. The number of hydrogen-bond acceptors (Lipinski definition) is 2. The number of nitrogens with one attached hydrogen (secondary N) is 1. The van der Waals surface area contributed by atoms with Crippen molar-refractivity contribution >= 4 is 5.91 Å². The summed E-state index contributed by atoms with van der Waals surface area (Å²) in [5.41, 5.74) is 3.08. The van der Waals surface area contributed by atoms with Crippen LogP contribution in [0.4, 0.5) is 4.39 Å². The molecule has 0 radical (unpaired) electrons. The molecule has 2 aromatic carbocycles. The molecular weight excluding hydrogens is 303 g/mol. The van der Waals surface area contributed by atoms with Crippen molar-refractivity contribution < 1.29 is 9.18 Å². The Hall–Kier alpha value is -2.20. The minimum atomic E-state index is -0.281. The maximum absolute atomic E-state index is 13.6. The number of carbonyl (C=O) groups is 1. The van der Waals surface area contributed by atoms with Gasteiger partial charge in [0.15, 0.2) is 0 Å². The highest BCUT2D eigenvalue weighted by Crippen LogP contribution is 2.33. The minimum absolute atomic E-state index is 0.0567. The van der Waals surface area contributed by atoms with E-state index < -0.39 is 0 Å². The van der Waals surface area contributed by atoms with Crippen LogP contribution in [-0.4, -0.2) is 23.9 Å². The van der Waals surface area contributed by atoms with Crippen LogP contribution in [0.2, 0.25) is 0 Å². The maximum atomic E-state index is 13.6. The van der Waals surface area contributed by atoms with Gasteiger partial charge in [-0.05, 0) is 43.5 Å². The lowest BCUT2D eigenvalue weighted by Gasteiger charge is -2.25. The first-order valence-corrected chi connectivity index (χ1v) is 8.45. The Morgan fingerprint density at radius 1 is 1.21 bits per heavy atom. The molecule has 1 unspecified atom stereocenters. The average Bonchev–Trinajstić information content (AvgIpc) is 3.02. The first-order valence-electron chi connectivity index (χ1n) is 8.45. The molecule has 1 atom stereocenters. The molecule has 0 spiro atoms. The number of benzene rings is 2. The highest BCUT2D eigenvalue weighted by Gasteiger charge is 2.28. The molecule has 0 saturated carbocycles. The van der Waals surface area contributed by atoms with Crippen LogP contribution in [0.1, 0.15) is 35.6 Å². The molecule has 1 amide bonds. The monoisotopic (exact) mass is 326 g/mol. The maximum Gasteiger partial charge on any atom is 0.234 e. The summed E-state index contributed by atoms with van der Waals surface area (Å²) in [5, 5.41) is 2.83. The summed E-state index contributed by atoms with van der Waals surface area (Å²) in [6, 6.07) is 15.2. The Balaban J connectivity index is 1.59. The molecule has 1 aliphatic heterocycles. The first kappa shape index (κ1) is 16.7. The number of amides is 1. The summed E-state index contributed by atoms with van der Waals surface area (Å²) < 4.78 is 13.6. The first-order chi connectivity index (χ1) is 11.6. The molecule has 1 heterocycles. The fourth-order valence-electron chi connectivity index (χ4n) is 3.40. The molecule has 2 aromatic rings. The average molecular weight is 326 g/mol. The Bertz CT molecular complexity index is 716. The van der Waals surface area contributed by atoms with Gasteiger partial charge in [-0.2, -0.15) is 0 Å². The third-order valence-electron chi connectivity index (χ3n) is 4.69. The molecular formula is C20H23FN2O. The molecule has 3 rings (SSSR count). The quantitative estimate of drug-likeness (QED) is 0.911. The summed E-state index contributed by atoms with van der Waals surface area (Å²) >= 11 is 0. The van der Waals surface area contributed by atoms with Crippen molar-refractivity contribution in [2.45, 2.75) is 32.4 Å². The van der Waals surface area contributed by atoms with E-state index in [9.17, 15) is 9.18 Å². The highest BCUT2D eigenvalue weighted by molar-refractivity contribution is 5.78. The summed E-state index contributed by atoms with van der Waals surface area (Å²) in [7, 11) is 0. The normalized spacial score (nSPS) is 17.8. The fourth-order valence-corrected chi connectivity index (χ4v) is 3.40. The molecule has 1 aliphatic rings. The van der Waals surface area contributed by atoms with Crippen molar-refractivity contribution in [1.82, 2.24) is 10.2 Å². The van der Waals surface area contributed by atoms with Crippen LogP contribution in [0.25, 0.3) is 0 Å². The Kier molecular flexibility index (Phi) is 5.26. The molecule has 3 nitrogen and oxygen atoms in total. The van der Waals surface area contributed by atoms with Gasteiger partial charge in [-0.15, -0.1) is 0 Å². The predicted molar refractivity (Wildman–Crippen MR) is 93.0 cm³/mol. The van der Waals surface area contributed by atoms with Gasteiger partial charge in [0, 0.05) is 18.2 Å². The van der Waals surface area contributed by atoms with Crippen molar-refractivity contribution in [3.8, 4) is 0 Å². The smallest absolute Gasteiger partial charge is 0.234 e. The molecule has 0 bridgehead atoms. The van der Waals surface area contributed by atoms with Gasteiger partial charge in [-0.1, -0.05) is 42.5 Å². The minimum Gasteiger partial charge on any atom is -0.351 e. The van der Waals surface area contributed by atoms with Gasteiger partial charge in [0.25, 0.3) is 0 Å². The molecule has 0 aromatic heterocycles. The van der Waals surface area contributed by atoms with Gasteiger partial charge < -0.3 is 5.32 Å². The van der Waals surface area contributed by atoms with Gasteiger partial charge in [-0.3, -0.25) is 9.69 Å². The molecule has 24 heavy (non-hydrogen) atoms. The van der Waals surface area contributed by atoms with Crippen LogP contribution < -0.4 is 5.32 Å². The van der Waals surface area contributed by atoms with Crippen LogP contribution in [0.15, 0.2) is 48.5 Å². The van der Waals surface area contributed by atoms with Gasteiger partial charge in [-0.25, -0.2) is 4.39 Å². The number of likely N-dealkylation sites (tertiary alicyclic amines) is 1. The topological polar surface area (TPSA) is 32.3 Å². The number of aryl methyl sites for hydroxylation is 1. The van der Waals surface area contributed by atoms with Crippen LogP contribution in [0, 0.1) is 12.7 Å². The third-order valence-corrected chi connectivity index (χ3v) is 4.69. The Morgan fingerprint density at radius 2 is 1.96 bits per heavy atom. The lowest BCUT2D eigenvalue weighted by Crippen LogP contribution is -2.36. The number of rotatable bonds is 5. The summed E-state index contributed by atoms with van der Waals surface area (Å²) in [6.07, 6.45) is 2.17. The Morgan fingerprint density at radius 3 is 2.75 bits per heavy atom. The van der Waals surface area contributed by atoms with Gasteiger partial charge in [0.1, 0.15) is 5.82 Å². The van der Waals surface area contributed by atoms with Gasteiger partial charge >= 0.3 is 0 Å². The van der Waals surface area contributed by atoms with E-state index in [2.05, 4.69) is 35.3 Å². The molecule has 1 N–H and O–H groups in total. The van der Waals surface area contributed by atoms with Crippen molar-refractivity contribution in [3.63, 3.8) is 0 Å². The van der Waals surface area contributed by atoms with E-state index in [1.807, 2.05) is 6.07 Å². The van der Waals surface area contributed by atoms with Crippen molar-refractivity contribution in [2.24, 2.45) is 0 Å². The van der Waals surface area contributed by atoms with Crippen LogP contribution in [0.3, 0.4) is 0 Å². The standard InChI is InChI=1S/C20H23FN2O/c1-15-7-2-4-9-17(15)19-11-6-12-23(19)14-20(24)22-13-16-8-3-5-10-18(16)21/h2-5,7-10,19H,6,11-14H2,1H3,(H,22,24). The van der Waals surface area contributed by atoms with Crippen molar-refractivity contribution in [3.05, 3.63) is 71.0 Å². The van der Waals surface area contributed by atoms with E-state index in [-0.39, 0.29) is 18.3 Å². The summed E-state index contributed by atoms with van der Waals surface area (Å²) in [5.74, 6) is -0.338. The summed E-state index contributed by atoms with van der Waals surface area (Å²) in [4.78, 5) is 14.5. The second-order valence-electron chi connectivity index (χ2n) is 6.35. The molecule has 0 aliphatic carbocycles. The molecule has 4 heteroatoms. The molecule has 1 saturated heterocycles. The van der Waals surface area contributed by atoms with Crippen LogP contribution >= 0.6 is 0 Å². The predicted octanol–water partition coefficient (Wildman–Crippen LogP) is 3.59. The lowest BCUT2D eigenvalue weighted by molar-refractivity contribution is -0.122. The number of hydrogen-bond donors (Lipinski definition) is 1. The number of nitrogens with zero attached hydrogens (tertiary/aromatic N) is 1. The van der Waals surface area contributed by atoms with Crippen molar-refractivity contribution in [2.75, 3.05) is 13.1 Å². The second kappa shape index (κ2) is 7.58. The lowest BCUT2D eigenvalue weighted by atomic mass is 9.99. The van der Waals surface area contributed by atoms with Crippen LogP contribution in [0.5, 0.6) is 0 Å². The van der Waals surface area contributed by atoms with E-state index >= 15 is 0 Å². The summed E-state index contributed by atoms with van der Waals surface area (Å²) in [6.45, 7) is 3.62. The van der Waals surface area contributed by atoms with E-state index in [1.165, 1.54) is 17.2 Å². The fraction of sp³-hybridized carbons (Fsp3) is 0.350. The van der Waals surface area contributed by atoms with Crippen molar-refractivity contribution in [1.29, 1.82) is 0 Å². The van der Waals surface area contributed by atoms with Gasteiger partial charge in [0.05, 0.1) is 6.54 Å². The zero-order valence-corrected chi connectivity index (χ0v) is 14.0. The number of halogens is 1. The Labute approximate surface area is 142 Å². The van der Waals surface area contributed by atoms with E-state index in [1.54, 1.807) is 18.2 Å². The van der Waals surface area contributed by atoms with E-state index in [0.717, 1.165) is 19.4 Å². The third kappa shape index (κ3) is 3.82. The highest BCUT2D eigenvalue weighted by atomic mass is 19.1. The largest absolute Gasteiger partial charge is 0.351 e. The second-order valence-corrected chi connectivity index (χ2v) is 6.35. The SMILES string of the molecule is Cc1ccccc1C1CCCN1CC(=O)NCc1ccccc1F.